The molecule has 4 heteroatoms. The van der Waals surface area contributed by atoms with Crippen LogP contribution in [-0.2, 0) is 15.5 Å². The largest absolute Gasteiger partial charge is 0.368 e. The number of alkyl halides is 1. The zero-order valence-electron chi connectivity index (χ0n) is 11.1. The molecule has 1 unspecified atom stereocenters. The highest BCUT2D eigenvalue weighted by Crippen LogP contribution is 2.18. The van der Waals surface area contributed by atoms with Crippen molar-refractivity contribution in [3.8, 4) is 0 Å². The van der Waals surface area contributed by atoms with Crippen LogP contribution in [0.25, 0.3) is 0 Å². The van der Waals surface area contributed by atoms with Crippen LogP contribution in [0.5, 0.6) is 0 Å². The maximum atomic E-state index is 12.9. The third-order valence-corrected chi connectivity index (χ3v) is 3.37. The van der Waals surface area contributed by atoms with E-state index in [0.29, 0.717) is 6.61 Å². The van der Waals surface area contributed by atoms with Crippen LogP contribution in [0.1, 0.15) is 5.56 Å². The van der Waals surface area contributed by atoms with Crippen LogP contribution >= 0.6 is 12.0 Å². The molecule has 2 rings (SSSR count). The topological polar surface area (TPSA) is 18.5 Å². The SMILES string of the molecule is FCC(COSc1ccccc1)OCc1ccccc1. The standard InChI is InChI=1S/C16H17FO2S/c17-11-15(18-12-14-7-3-1-4-8-14)13-19-20-16-9-5-2-6-10-16/h1-10,15H,11-13H2. The van der Waals surface area contributed by atoms with Gasteiger partial charge in [0.2, 0.25) is 0 Å². The molecular formula is C16H17FO2S. The molecule has 1 atom stereocenters. The fourth-order valence-electron chi connectivity index (χ4n) is 1.58. The van der Waals surface area contributed by atoms with Crippen LogP contribution in [0.2, 0.25) is 0 Å². The predicted molar refractivity (Wildman–Crippen MR) is 79.2 cm³/mol. The van der Waals surface area contributed by atoms with E-state index in [4.69, 9.17) is 8.92 Å². The van der Waals surface area contributed by atoms with Crippen molar-refractivity contribution in [3.63, 3.8) is 0 Å². The number of hydrogen-bond donors (Lipinski definition) is 0. The summed E-state index contributed by atoms with van der Waals surface area (Å²) in [7, 11) is 0. The molecule has 0 radical (unpaired) electrons. The van der Waals surface area contributed by atoms with Gasteiger partial charge in [0.1, 0.15) is 12.8 Å². The Morgan fingerprint density at radius 3 is 2.25 bits per heavy atom. The summed E-state index contributed by atoms with van der Waals surface area (Å²) in [4.78, 5) is 0.994. The summed E-state index contributed by atoms with van der Waals surface area (Å²) in [6.45, 7) is 0.0693. The summed E-state index contributed by atoms with van der Waals surface area (Å²) in [5.41, 5.74) is 1.03. The molecule has 0 bridgehead atoms. The summed E-state index contributed by atoms with van der Waals surface area (Å²) in [5, 5.41) is 0. The van der Waals surface area contributed by atoms with Crippen molar-refractivity contribution in [2.45, 2.75) is 17.6 Å². The summed E-state index contributed by atoms with van der Waals surface area (Å²) >= 11 is 1.24. The first-order chi connectivity index (χ1) is 9.88. The quantitative estimate of drug-likeness (QED) is 0.677. The first-order valence-corrected chi connectivity index (χ1v) is 7.18. The van der Waals surface area contributed by atoms with Gasteiger partial charge < -0.3 is 8.92 Å². The van der Waals surface area contributed by atoms with Gasteiger partial charge in [-0.05, 0) is 17.7 Å². The Hall–Kier alpha value is -1.36. The molecule has 0 amide bonds. The second kappa shape index (κ2) is 8.74. The molecule has 0 aliphatic heterocycles. The summed E-state index contributed by atoms with van der Waals surface area (Å²) in [5.74, 6) is 0. The summed E-state index contributed by atoms with van der Waals surface area (Å²) < 4.78 is 23.8. The molecule has 20 heavy (non-hydrogen) atoms. The second-order valence-electron chi connectivity index (χ2n) is 4.25. The Kier molecular flexibility index (Phi) is 6.57. The van der Waals surface area contributed by atoms with Gasteiger partial charge in [0.25, 0.3) is 0 Å². The van der Waals surface area contributed by atoms with Crippen molar-refractivity contribution in [1.29, 1.82) is 0 Å². The van der Waals surface area contributed by atoms with Crippen molar-refractivity contribution in [2.24, 2.45) is 0 Å². The van der Waals surface area contributed by atoms with Crippen LogP contribution < -0.4 is 0 Å². The maximum Gasteiger partial charge on any atom is 0.118 e. The minimum absolute atomic E-state index is 0.225. The fraction of sp³-hybridized carbons (Fsp3) is 0.250. The van der Waals surface area contributed by atoms with Gasteiger partial charge in [0.15, 0.2) is 0 Å². The lowest BCUT2D eigenvalue weighted by Gasteiger charge is -2.14. The van der Waals surface area contributed by atoms with Crippen molar-refractivity contribution in [2.75, 3.05) is 13.3 Å². The molecule has 0 fully saturated rings. The molecule has 0 aliphatic carbocycles. The van der Waals surface area contributed by atoms with E-state index < -0.39 is 12.8 Å². The molecule has 0 heterocycles. The zero-order chi connectivity index (χ0) is 14.0. The lowest BCUT2D eigenvalue weighted by molar-refractivity contribution is -0.000162. The highest BCUT2D eigenvalue weighted by atomic mass is 32.2. The first kappa shape index (κ1) is 15.0. The molecule has 0 N–H and O–H groups in total. The maximum absolute atomic E-state index is 12.9. The van der Waals surface area contributed by atoms with Crippen LogP contribution in [0.15, 0.2) is 65.6 Å². The molecule has 0 saturated heterocycles. The first-order valence-electron chi connectivity index (χ1n) is 6.44. The van der Waals surface area contributed by atoms with Gasteiger partial charge in [-0.15, -0.1) is 0 Å². The predicted octanol–water partition coefficient (Wildman–Crippen LogP) is 4.27. The van der Waals surface area contributed by atoms with Gasteiger partial charge >= 0.3 is 0 Å². The van der Waals surface area contributed by atoms with E-state index in [0.717, 1.165) is 10.5 Å². The Morgan fingerprint density at radius 1 is 0.950 bits per heavy atom. The Labute approximate surface area is 123 Å². The van der Waals surface area contributed by atoms with Gasteiger partial charge in [-0.2, -0.15) is 0 Å². The van der Waals surface area contributed by atoms with Gasteiger partial charge in [-0.3, -0.25) is 0 Å². The minimum atomic E-state index is -0.553. The smallest absolute Gasteiger partial charge is 0.118 e. The number of ether oxygens (including phenoxy) is 1. The fourth-order valence-corrected chi connectivity index (χ4v) is 2.20. The number of rotatable bonds is 8. The number of hydrogen-bond acceptors (Lipinski definition) is 3. The highest BCUT2D eigenvalue weighted by Gasteiger charge is 2.10. The third kappa shape index (κ3) is 5.33. The molecule has 0 saturated carbocycles. The van der Waals surface area contributed by atoms with E-state index in [1.165, 1.54) is 12.0 Å². The third-order valence-electron chi connectivity index (χ3n) is 2.65. The van der Waals surface area contributed by atoms with Crippen molar-refractivity contribution >= 4 is 12.0 Å². The van der Waals surface area contributed by atoms with Gasteiger partial charge in [-0.25, -0.2) is 4.39 Å². The molecule has 2 aromatic rings. The molecule has 2 aromatic carbocycles. The van der Waals surface area contributed by atoms with Crippen molar-refractivity contribution in [1.82, 2.24) is 0 Å². The summed E-state index contributed by atoms with van der Waals surface area (Å²) in [6.07, 6.45) is -0.536. The van der Waals surface area contributed by atoms with E-state index >= 15 is 0 Å². The number of halogens is 1. The zero-order valence-corrected chi connectivity index (χ0v) is 11.9. The molecule has 2 nitrogen and oxygen atoms in total. The van der Waals surface area contributed by atoms with E-state index in [1.54, 1.807) is 0 Å². The molecular weight excluding hydrogens is 275 g/mol. The molecule has 0 aromatic heterocycles. The van der Waals surface area contributed by atoms with E-state index in [1.807, 2.05) is 60.7 Å². The van der Waals surface area contributed by atoms with Crippen molar-refractivity contribution < 1.29 is 13.3 Å². The number of benzene rings is 2. The highest BCUT2D eigenvalue weighted by molar-refractivity contribution is 7.94. The van der Waals surface area contributed by atoms with Crippen LogP contribution in [-0.4, -0.2) is 19.4 Å². The van der Waals surface area contributed by atoms with Gasteiger partial charge in [-0.1, -0.05) is 48.5 Å². The van der Waals surface area contributed by atoms with E-state index in [2.05, 4.69) is 0 Å². The normalized spacial score (nSPS) is 12.2. The second-order valence-corrected chi connectivity index (χ2v) is 5.13. The van der Waals surface area contributed by atoms with Crippen LogP contribution in [0, 0.1) is 0 Å². The van der Waals surface area contributed by atoms with Crippen LogP contribution in [0.4, 0.5) is 4.39 Å². The molecule has 0 spiro atoms. The van der Waals surface area contributed by atoms with E-state index in [9.17, 15) is 4.39 Å². The monoisotopic (exact) mass is 292 g/mol. The average Bonchev–Trinajstić information content (AvgIpc) is 2.52. The van der Waals surface area contributed by atoms with Gasteiger partial charge in [0, 0.05) is 16.9 Å². The van der Waals surface area contributed by atoms with Crippen molar-refractivity contribution in [3.05, 3.63) is 66.2 Å². The minimum Gasteiger partial charge on any atom is -0.368 e. The average molecular weight is 292 g/mol. The van der Waals surface area contributed by atoms with Crippen LogP contribution in [0.3, 0.4) is 0 Å². The van der Waals surface area contributed by atoms with E-state index in [-0.39, 0.29) is 6.61 Å². The molecule has 0 aliphatic rings. The summed E-state index contributed by atoms with van der Waals surface area (Å²) in [6, 6.07) is 19.4. The lowest BCUT2D eigenvalue weighted by Crippen LogP contribution is -2.20. The Balaban J connectivity index is 1.70. The Bertz CT molecular complexity index is 478. The van der Waals surface area contributed by atoms with Gasteiger partial charge in [0.05, 0.1) is 13.2 Å². The lowest BCUT2D eigenvalue weighted by atomic mass is 10.2. The Morgan fingerprint density at radius 2 is 1.60 bits per heavy atom. The molecule has 106 valence electrons.